The molecule has 5 nitrogen and oxygen atoms in total. The average molecular weight is 286 g/mol. The van der Waals surface area contributed by atoms with Crippen LogP contribution in [0.5, 0.6) is 11.5 Å². The second-order valence-electron chi connectivity index (χ2n) is 3.98. The summed E-state index contributed by atoms with van der Waals surface area (Å²) < 4.78 is 15.6. The van der Waals surface area contributed by atoms with Crippen LogP contribution in [0.4, 0.5) is 0 Å². The van der Waals surface area contributed by atoms with Crippen molar-refractivity contribution in [2.75, 3.05) is 32.4 Å². The van der Waals surface area contributed by atoms with Crippen LogP contribution in [0.25, 0.3) is 0 Å². The molecule has 104 valence electrons. The van der Waals surface area contributed by atoms with Gasteiger partial charge in [0.25, 0.3) is 5.91 Å². The Kier molecular flexibility index (Phi) is 5.30. The first kappa shape index (κ1) is 14.0. The van der Waals surface area contributed by atoms with Gasteiger partial charge >= 0.3 is 0 Å². The standard InChI is InChI=1S/C13H16ClNO4/c14-4-7-17-6-1-5-15-13(16)10-2-3-11-12(8-10)19-9-18-11/h2-3,8H,1,4-7,9H2,(H,15,16). The molecule has 1 aromatic carbocycles. The molecule has 1 heterocycles. The van der Waals surface area contributed by atoms with E-state index in [1.54, 1.807) is 18.2 Å². The van der Waals surface area contributed by atoms with E-state index in [1.165, 1.54) is 0 Å². The number of carbonyl (C=O) groups excluding carboxylic acids is 1. The molecule has 1 N–H and O–H groups in total. The van der Waals surface area contributed by atoms with Crippen molar-refractivity contribution >= 4 is 17.5 Å². The summed E-state index contributed by atoms with van der Waals surface area (Å²) in [6, 6.07) is 5.13. The maximum Gasteiger partial charge on any atom is 0.251 e. The Balaban J connectivity index is 1.74. The molecule has 0 unspecified atom stereocenters. The first-order chi connectivity index (χ1) is 9.31. The van der Waals surface area contributed by atoms with Crippen molar-refractivity contribution in [1.29, 1.82) is 0 Å². The second kappa shape index (κ2) is 7.21. The van der Waals surface area contributed by atoms with Gasteiger partial charge in [0, 0.05) is 24.6 Å². The van der Waals surface area contributed by atoms with Gasteiger partial charge in [-0.05, 0) is 24.6 Å². The van der Waals surface area contributed by atoms with Crippen molar-refractivity contribution in [3.8, 4) is 11.5 Å². The summed E-state index contributed by atoms with van der Waals surface area (Å²) in [6.45, 7) is 1.90. The van der Waals surface area contributed by atoms with Crippen LogP contribution in [0.15, 0.2) is 18.2 Å². The highest BCUT2D eigenvalue weighted by Crippen LogP contribution is 2.32. The summed E-state index contributed by atoms with van der Waals surface area (Å²) in [5.41, 5.74) is 0.561. The first-order valence-electron chi connectivity index (χ1n) is 6.13. The predicted octanol–water partition coefficient (Wildman–Crippen LogP) is 1.79. The van der Waals surface area contributed by atoms with Crippen LogP contribution < -0.4 is 14.8 Å². The van der Waals surface area contributed by atoms with E-state index in [9.17, 15) is 4.79 Å². The number of hydrogen-bond donors (Lipinski definition) is 1. The minimum Gasteiger partial charge on any atom is -0.454 e. The van der Waals surface area contributed by atoms with E-state index in [4.69, 9.17) is 25.8 Å². The SMILES string of the molecule is O=C(NCCCOCCCl)c1ccc2c(c1)OCO2. The fourth-order valence-electron chi connectivity index (χ4n) is 1.67. The van der Waals surface area contributed by atoms with E-state index < -0.39 is 0 Å². The third kappa shape index (κ3) is 4.01. The Morgan fingerprint density at radius 2 is 2.16 bits per heavy atom. The monoisotopic (exact) mass is 285 g/mol. The number of rotatable bonds is 7. The Labute approximate surface area is 116 Å². The van der Waals surface area contributed by atoms with Crippen LogP contribution in [-0.4, -0.2) is 38.3 Å². The van der Waals surface area contributed by atoms with Gasteiger partial charge in [-0.2, -0.15) is 0 Å². The molecule has 0 bridgehead atoms. The summed E-state index contributed by atoms with van der Waals surface area (Å²) in [6.07, 6.45) is 0.757. The van der Waals surface area contributed by atoms with Crippen LogP contribution in [-0.2, 0) is 4.74 Å². The molecule has 0 aromatic heterocycles. The zero-order valence-electron chi connectivity index (χ0n) is 10.5. The third-order valence-electron chi connectivity index (χ3n) is 2.61. The summed E-state index contributed by atoms with van der Waals surface area (Å²) in [7, 11) is 0. The number of fused-ring (bicyclic) bond motifs is 1. The van der Waals surface area contributed by atoms with Crippen molar-refractivity contribution in [2.24, 2.45) is 0 Å². The van der Waals surface area contributed by atoms with Gasteiger partial charge in [0.15, 0.2) is 11.5 Å². The number of benzene rings is 1. The van der Waals surface area contributed by atoms with Gasteiger partial charge in [0.2, 0.25) is 6.79 Å². The lowest BCUT2D eigenvalue weighted by Gasteiger charge is -2.06. The van der Waals surface area contributed by atoms with E-state index in [1.807, 2.05) is 0 Å². The molecule has 0 spiro atoms. The molecule has 0 radical (unpaired) electrons. The first-order valence-corrected chi connectivity index (χ1v) is 6.66. The van der Waals surface area contributed by atoms with E-state index in [0.29, 0.717) is 42.7 Å². The largest absolute Gasteiger partial charge is 0.454 e. The van der Waals surface area contributed by atoms with Gasteiger partial charge in [-0.25, -0.2) is 0 Å². The quantitative estimate of drug-likeness (QED) is 0.613. The van der Waals surface area contributed by atoms with E-state index in [-0.39, 0.29) is 12.7 Å². The molecule has 1 amide bonds. The number of alkyl halides is 1. The number of halogens is 1. The van der Waals surface area contributed by atoms with Gasteiger partial charge in [0.05, 0.1) is 6.61 Å². The Hall–Kier alpha value is -1.46. The summed E-state index contributed by atoms with van der Waals surface area (Å²) >= 11 is 5.47. The lowest BCUT2D eigenvalue weighted by molar-refractivity contribution is 0.0944. The number of carbonyl (C=O) groups is 1. The van der Waals surface area contributed by atoms with Crippen molar-refractivity contribution in [3.05, 3.63) is 23.8 Å². The zero-order valence-corrected chi connectivity index (χ0v) is 11.2. The minimum absolute atomic E-state index is 0.129. The molecule has 6 heteroatoms. The van der Waals surface area contributed by atoms with Gasteiger partial charge in [-0.3, -0.25) is 4.79 Å². The topological polar surface area (TPSA) is 56.8 Å². The molecule has 1 aliphatic rings. The molecule has 0 aliphatic carbocycles. The predicted molar refractivity (Wildman–Crippen MR) is 71.1 cm³/mol. The average Bonchev–Trinajstić information content (AvgIpc) is 2.89. The molecular weight excluding hydrogens is 270 g/mol. The molecule has 0 saturated carbocycles. The molecule has 0 fully saturated rings. The highest BCUT2D eigenvalue weighted by atomic mass is 35.5. The van der Waals surface area contributed by atoms with Crippen LogP contribution in [0.3, 0.4) is 0 Å². The highest BCUT2D eigenvalue weighted by molar-refractivity contribution is 6.17. The van der Waals surface area contributed by atoms with E-state index in [0.717, 1.165) is 6.42 Å². The fourth-order valence-corrected chi connectivity index (χ4v) is 1.78. The van der Waals surface area contributed by atoms with Gasteiger partial charge in [0.1, 0.15) is 0 Å². The molecule has 2 rings (SSSR count). The Bertz CT molecular complexity index is 439. The summed E-state index contributed by atoms with van der Waals surface area (Å²) in [5, 5.41) is 2.82. The molecule has 0 saturated heterocycles. The highest BCUT2D eigenvalue weighted by Gasteiger charge is 2.15. The number of ether oxygens (including phenoxy) is 3. The lowest BCUT2D eigenvalue weighted by atomic mass is 10.2. The fraction of sp³-hybridized carbons (Fsp3) is 0.462. The molecular formula is C13H16ClNO4. The molecule has 1 aliphatic heterocycles. The Morgan fingerprint density at radius 3 is 3.00 bits per heavy atom. The van der Waals surface area contributed by atoms with Gasteiger partial charge in [-0.15, -0.1) is 11.6 Å². The van der Waals surface area contributed by atoms with Crippen molar-refractivity contribution < 1.29 is 19.0 Å². The maximum atomic E-state index is 11.9. The van der Waals surface area contributed by atoms with E-state index in [2.05, 4.69) is 5.32 Å². The number of amides is 1. The third-order valence-corrected chi connectivity index (χ3v) is 2.76. The summed E-state index contributed by atoms with van der Waals surface area (Å²) in [4.78, 5) is 11.9. The van der Waals surface area contributed by atoms with Crippen LogP contribution in [0, 0.1) is 0 Å². The lowest BCUT2D eigenvalue weighted by Crippen LogP contribution is -2.25. The normalized spacial score (nSPS) is 12.5. The molecule has 0 atom stereocenters. The van der Waals surface area contributed by atoms with Crippen LogP contribution in [0.2, 0.25) is 0 Å². The van der Waals surface area contributed by atoms with Crippen LogP contribution in [0.1, 0.15) is 16.8 Å². The smallest absolute Gasteiger partial charge is 0.251 e. The van der Waals surface area contributed by atoms with Crippen molar-refractivity contribution in [1.82, 2.24) is 5.32 Å². The zero-order chi connectivity index (χ0) is 13.5. The van der Waals surface area contributed by atoms with Crippen LogP contribution >= 0.6 is 11.6 Å². The van der Waals surface area contributed by atoms with Crippen molar-refractivity contribution in [3.63, 3.8) is 0 Å². The van der Waals surface area contributed by atoms with Gasteiger partial charge < -0.3 is 19.5 Å². The number of hydrogen-bond acceptors (Lipinski definition) is 4. The molecule has 19 heavy (non-hydrogen) atoms. The summed E-state index contributed by atoms with van der Waals surface area (Å²) in [5.74, 6) is 1.64. The van der Waals surface area contributed by atoms with Gasteiger partial charge in [-0.1, -0.05) is 0 Å². The number of nitrogens with one attached hydrogen (secondary N) is 1. The Morgan fingerprint density at radius 1 is 1.32 bits per heavy atom. The van der Waals surface area contributed by atoms with E-state index >= 15 is 0 Å². The maximum absolute atomic E-state index is 11.9. The molecule has 1 aromatic rings. The van der Waals surface area contributed by atoms with Crippen molar-refractivity contribution in [2.45, 2.75) is 6.42 Å². The minimum atomic E-state index is -0.129. The second-order valence-corrected chi connectivity index (χ2v) is 4.36.